The number of thioether (sulfide) groups is 1. The second-order valence-electron chi connectivity index (χ2n) is 7.95. The van der Waals surface area contributed by atoms with Crippen LogP contribution in [0.15, 0.2) is 78.2 Å². The summed E-state index contributed by atoms with van der Waals surface area (Å²) >= 11 is 7.84. The van der Waals surface area contributed by atoms with Crippen LogP contribution in [0.4, 0.5) is 0 Å². The molecule has 1 N–H and O–H groups in total. The summed E-state index contributed by atoms with van der Waals surface area (Å²) in [4.78, 5) is 16.4. The van der Waals surface area contributed by atoms with Crippen LogP contribution in [-0.4, -0.2) is 32.2 Å². The lowest BCUT2D eigenvalue weighted by atomic mass is 10.1. The van der Waals surface area contributed by atoms with Gasteiger partial charge in [-0.05, 0) is 53.9 Å². The van der Waals surface area contributed by atoms with Crippen molar-refractivity contribution in [1.29, 1.82) is 0 Å². The van der Waals surface area contributed by atoms with Gasteiger partial charge in [0.05, 0.1) is 5.69 Å². The SMILES string of the molecule is CC(C)CNC(=O)c1ccc(CSc2nnc(-c3ccncc3)n2-c2cccc(Cl)c2)cc1. The number of hydrogen-bond acceptors (Lipinski definition) is 5. The molecule has 0 atom stereocenters. The molecule has 0 spiro atoms. The van der Waals surface area contributed by atoms with Gasteiger partial charge in [0, 0.05) is 40.8 Å². The fourth-order valence-corrected chi connectivity index (χ4v) is 4.29. The second-order valence-corrected chi connectivity index (χ2v) is 9.33. The van der Waals surface area contributed by atoms with Crippen molar-refractivity contribution in [3.05, 3.63) is 89.2 Å². The Morgan fingerprint density at radius 1 is 1.06 bits per heavy atom. The number of amides is 1. The number of nitrogens with zero attached hydrogens (tertiary/aromatic N) is 4. The molecule has 1 amide bonds. The average molecular weight is 478 g/mol. The van der Waals surface area contributed by atoms with Crippen molar-refractivity contribution in [3.63, 3.8) is 0 Å². The number of benzene rings is 2. The Kier molecular flexibility index (Phi) is 7.42. The largest absolute Gasteiger partial charge is 0.352 e. The third kappa shape index (κ3) is 5.80. The minimum atomic E-state index is -0.0504. The van der Waals surface area contributed by atoms with E-state index in [0.717, 1.165) is 27.8 Å². The number of nitrogens with one attached hydrogen (secondary N) is 1. The maximum absolute atomic E-state index is 12.3. The van der Waals surface area contributed by atoms with Crippen LogP contribution in [0.25, 0.3) is 17.1 Å². The zero-order valence-corrected chi connectivity index (χ0v) is 20.0. The molecule has 2 aromatic carbocycles. The third-order valence-corrected chi connectivity index (χ3v) is 6.13. The summed E-state index contributed by atoms with van der Waals surface area (Å²) in [7, 11) is 0. The normalized spacial score (nSPS) is 11.0. The van der Waals surface area contributed by atoms with Gasteiger partial charge < -0.3 is 5.32 Å². The summed E-state index contributed by atoms with van der Waals surface area (Å²) in [6.07, 6.45) is 3.47. The molecule has 2 aromatic heterocycles. The predicted octanol–water partition coefficient (Wildman–Crippen LogP) is 5.66. The van der Waals surface area contributed by atoms with Gasteiger partial charge in [-0.1, -0.05) is 55.4 Å². The molecular weight excluding hydrogens is 454 g/mol. The first-order chi connectivity index (χ1) is 16.0. The molecule has 168 valence electrons. The topological polar surface area (TPSA) is 72.7 Å². The zero-order valence-electron chi connectivity index (χ0n) is 18.4. The highest BCUT2D eigenvalue weighted by Crippen LogP contribution is 2.30. The summed E-state index contributed by atoms with van der Waals surface area (Å²) in [6, 6.07) is 19.1. The van der Waals surface area contributed by atoms with Crippen molar-refractivity contribution in [2.24, 2.45) is 5.92 Å². The first-order valence-electron chi connectivity index (χ1n) is 10.6. The number of carbonyl (C=O) groups is 1. The molecule has 4 aromatic rings. The van der Waals surface area contributed by atoms with Crippen molar-refractivity contribution >= 4 is 29.3 Å². The quantitative estimate of drug-likeness (QED) is 0.331. The first kappa shape index (κ1) is 23.0. The number of aromatic nitrogens is 4. The summed E-state index contributed by atoms with van der Waals surface area (Å²) in [5, 5.41) is 13.2. The van der Waals surface area contributed by atoms with E-state index in [1.807, 2.05) is 65.2 Å². The van der Waals surface area contributed by atoms with Gasteiger partial charge in [0.2, 0.25) is 0 Å². The summed E-state index contributed by atoms with van der Waals surface area (Å²) in [6.45, 7) is 4.81. The zero-order chi connectivity index (χ0) is 23.2. The van der Waals surface area contributed by atoms with E-state index >= 15 is 0 Å². The molecule has 0 bridgehead atoms. The van der Waals surface area contributed by atoms with Crippen LogP contribution in [0.3, 0.4) is 0 Å². The van der Waals surface area contributed by atoms with Crippen LogP contribution in [0.2, 0.25) is 5.02 Å². The van der Waals surface area contributed by atoms with Gasteiger partial charge in [-0.3, -0.25) is 14.3 Å². The van der Waals surface area contributed by atoms with E-state index < -0.39 is 0 Å². The van der Waals surface area contributed by atoms with Gasteiger partial charge in [-0.2, -0.15) is 0 Å². The van der Waals surface area contributed by atoms with Gasteiger partial charge in [-0.25, -0.2) is 0 Å². The number of carbonyl (C=O) groups excluding carboxylic acids is 1. The predicted molar refractivity (Wildman–Crippen MR) is 133 cm³/mol. The fourth-order valence-electron chi connectivity index (χ4n) is 3.20. The van der Waals surface area contributed by atoms with Crippen LogP contribution < -0.4 is 5.32 Å². The molecule has 6 nitrogen and oxygen atoms in total. The van der Waals surface area contributed by atoms with Crippen LogP contribution >= 0.6 is 23.4 Å². The lowest BCUT2D eigenvalue weighted by Crippen LogP contribution is -2.27. The smallest absolute Gasteiger partial charge is 0.251 e. The molecule has 0 aliphatic rings. The van der Waals surface area contributed by atoms with Gasteiger partial charge in [0.1, 0.15) is 0 Å². The minimum absolute atomic E-state index is 0.0504. The van der Waals surface area contributed by atoms with E-state index in [2.05, 4.69) is 34.3 Å². The number of halogens is 1. The van der Waals surface area contributed by atoms with Crippen molar-refractivity contribution in [1.82, 2.24) is 25.1 Å². The highest BCUT2D eigenvalue weighted by Gasteiger charge is 2.17. The molecule has 4 rings (SSSR count). The van der Waals surface area contributed by atoms with Crippen molar-refractivity contribution in [3.8, 4) is 17.1 Å². The van der Waals surface area contributed by atoms with E-state index in [1.165, 1.54) is 0 Å². The number of pyridine rings is 1. The molecule has 0 unspecified atom stereocenters. The van der Waals surface area contributed by atoms with E-state index in [0.29, 0.717) is 28.8 Å². The highest BCUT2D eigenvalue weighted by atomic mass is 35.5. The summed E-state index contributed by atoms with van der Waals surface area (Å²) in [5.74, 6) is 1.77. The lowest BCUT2D eigenvalue weighted by molar-refractivity contribution is 0.0949. The Morgan fingerprint density at radius 2 is 1.82 bits per heavy atom. The maximum Gasteiger partial charge on any atom is 0.251 e. The van der Waals surface area contributed by atoms with Gasteiger partial charge >= 0.3 is 0 Å². The molecule has 8 heteroatoms. The van der Waals surface area contributed by atoms with Crippen LogP contribution in [-0.2, 0) is 5.75 Å². The Labute approximate surface area is 202 Å². The third-order valence-electron chi connectivity index (χ3n) is 4.89. The van der Waals surface area contributed by atoms with Crippen LogP contribution in [0, 0.1) is 5.92 Å². The van der Waals surface area contributed by atoms with E-state index in [1.54, 1.807) is 24.2 Å². The highest BCUT2D eigenvalue weighted by molar-refractivity contribution is 7.98. The molecule has 0 aliphatic heterocycles. The summed E-state index contributed by atoms with van der Waals surface area (Å²) in [5.41, 5.74) is 3.55. The van der Waals surface area contributed by atoms with Gasteiger partial charge in [0.25, 0.3) is 5.91 Å². The Bertz CT molecular complexity index is 1230. The lowest BCUT2D eigenvalue weighted by Gasteiger charge is -2.11. The fraction of sp³-hybridized carbons (Fsp3) is 0.200. The summed E-state index contributed by atoms with van der Waals surface area (Å²) < 4.78 is 2.00. The Hall–Kier alpha value is -3.16. The standard InChI is InChI=1S/C25H24ClN5OS/c1-17(2)15-28-24(32)20-8-6-18(7-9-20)16-33-25-30-29-23(19-10-12-27-13-11-19)31(25)22-5-3-4-21(26)14-22/h3-14,17H,15-16H2,1-2H3,(H,28,32). The second kappa shape index (κ2) is 10.6. The Morgan fingerprint density at radius 3 is 2.52 bits per heavy atom. The number of hydrogen-bond donors (Lipinski definition) is 1. The molecule has 0 radical (unpaired) electrons. The van der Waals surface area contributed by atoms with Crippen LogP contribution in [0.1, 0.15) is 29.8 Å². The molecule has 2 heterocycles. The van der Waals surface area contributed by atoms with Gasteiger partial charge in [0.15, 0.2) is 11.0 Å². The monoisotopic (exact) mass is 477 g/mol. The molecule has 0 saturated heterocycles. The average Bonchev–Trinajstić information content (AvgIpc) is 3.26. The van der Waals surface area contributed by atoms with Crippen molar-refractivity contribution in [2.45, 2.75) is 24.8 Å². The molecule has 0 fully saturated rings. The van der Waals surface area contributed by atoms with Crippen LogP contribution in [0.5, 0.6) is 0 Å². The van der Waals surface area contributed by atoms with Crippen molar-refractivity contribution in [2.75, 3.05) is 6.54 Å². The molecule has 0 saturated carbocycles. The number of rotatable bonds is 8. The van der Waals surface area contributed by atoms with E-state index in [-0.39, 0.29) is 5.91 Å². The maximum atomic E-state index is 12.3. The van der Waals surface area contributed by atoms with Gasteiger partial charge in [-0.15, -0.1) is 10.2 Å². The molecule has 33 heavy (non-hydrogen) atoms. The Balaban J connectivity index is 1.55. The molecule has 0 aliphatic carbocycles. The van der Waals surface area contributed by atoms with E-state index in [4.69, 9.17) is 11.6 Å². The first-order valence-corrected chi connectivity index (χ1v) is 12.0. The van der Waals surface area contributed by atoms with E-state index in [9.17, 15) is 4.79 Å². The minimum Gasteiger partial charge on any atom is -0.352 e. The molecular formula is C25H24ClN5OS. The van der Waals surface area contributed by atoms with Crippen molar-refractivity contribution < 1.29 is 4.79 Å².